The predicted molar refractivity (Wildman–Crippen MR) is 69.7 cm³/mol. The Bertz CT molecular complexity index is 542. The zero-order valence-corrected chi connectivity index (χ0v) is 11.8. The zero-order chi connectivity index (χ0) is 13.3. The van der Waals surface area contributed by atoms with Crippen LogP contribution in [-0.2, 0) is 14.8 Å². The minimum Gasteiger partial charge on any atom is -0.369 e. The molecule has 18 heavy (non-hydrogen) atoms. The van der Waals surface area contributed by atoms with Gasteiger partial charge in [-0.2, -0.15) is 4.31 Å². The molecular formula is C11H16N2O3S2. The van der Waals surface area contributed by atoms with Gasteiger partial charge in [0.05, 0.1) is 0 Å². The molecule has 0 bridgehead atoms. The first-order valence-electron chi connectivity index (χ1n) is 5.77. The molecule has 1 aliphatic rings. The molecule has 0 atom stereocenters. The van der Waals surface area contributed by atoms with Crippen molar-refractivity contribution in [1.29, 1.82) is 0 Å². The number of nitrogens with zero attached hydrogens (tertiary/aromatic N) is 1. The molecule has 1 amide bonds. The van der Waals surface area contributed by atoms with Gasteiger partial charge in [-0.3, -0.25) is 4.79 Å². The van der Waals surface area contributed by atoms with Gasteiger partial charge in [0.2, 0.25) is 5.91 Å². The quantitative estimate of drug-likeness (QED) is 0.899. The lowest BCUT2D eigenvalue weighted by Gasteiger charge is -2.29. The molecule has 0 radical (unpaired) electrons. The number of sulfonamides is 1. The molecule has 1 aromatic heterocycles. The van der Waals surface area contributed by atoms with Gasteiger partial charge in [0.25, 0.3) is 10.0 Å². The highest BCUT2D eigenvalue weighted by molar-refractivity contribution is 7.91. The Morgan fingerprint density at radius 3 is 2.44 bits per heavy atom. The van der Waals surface area contributed by atoms with Gasteiger partial charge >= 0.3 is 0 Å². The maximum absolute atomic E-state index is 12.3. The molecule has 0 aliphatic carbocycles. The molecule has 0 unspecified atom stereocenters. The van der Waals surface area contributed by atoms with Crippen LogP contribution in [0, 0.1) is 12.8 Å². The molecule has 1 fully saturated rings. The summed E-state index contributed by atoms with van der Waals surface area (Å²) in [5, 5.41) is 0. The van der Waals surface area contributed by atoms with Crippen molar-refractivity contribution in [2.45, 2.75) is 24.0 Å². The van der Waals surface area contributed by atoms with Crippen LogP contribution in [0.5, 0.6) is 0 Å². The van der Waals surface area contributed by atoms with E-state index in [4.69, 9.17) is 5.73 Å². The van der Waals surface area contributed by atoms with E-state index in [1.807, 2.05) is 6.92 Å². The third-order valence-electron chi connectivity index (χ3n) is 3.17. The van der Waals surface area contributed by atoms with Crippen molar-refractivity contribution >= 4 is 27.3 Å². The number of primary amides is 1. The minimum atomic E-state index is -3.39. The molecule has 5 nitrogen and oxygen atoms in total. The first-order valence-corrected chi connectivity index (χ1v) is 8.03. The van der Waals surface area contributed by atoms with Crippen molar-refractivity contribution in [1.82, 2.24) is 4.31 Å². The number of hydrogen-bond acceptors (Lipinski definition) is 4. The number of rotatable bonds is 3. The van der Waals surface area contributed by atoms with E-state index in [0.717, 1.165) is 4.88 Å². The molecule has 0 saturated carbocycles. The van der Waals surface area contributed by atoms with Crippen LogP contribution in [0.1, 0.15) is 17.7 Å². The van der Waals surface area contributed by atoms with Crippen molar-refractivity contribution in [3.05, 3.63) is 17.0 Å². The molecule has 0 spiro atoms. The highest BCUT2D eigenvalue weighted by Crippen LogP contribution is 2.27. The molecule has 7 heteroatoms. The van der Waals surface area contributed by atoms with Crippen LogP contribution in [0.15, 0.2) is 16.3 Å². The summed E-state index contributed by atoms with van der Waals surface area (Å²) >= 11 is 1.27. The standard InChI is InChI=1S/C11H16N2O3S2/c1-8-2-3-10(17-8)18(15,16)13-6-4-9(5-7-13)11(12)14/h2-3,9H,4-7H2,1H3,(H2,12,14). The van der Waals surface area contributed by atoms with E-state index >= 15 is 0 Å². The molecule has 2 heterocycles. The van der Waals surface area contributed by atoms with Crippen LogP contribution >= 0.6 is 11.3 Å². The summed E-state index contributed by atoms with van der Waals surface area (Å²) in [6.45, 7) is 2.61. The SMILES string of the molecule is Cc1ccc(S(=O)(=O)N2CCC(C(N)=O)CC2)s1. The molecule has 1 saturated heterocycles. The van der Waals surface area contributed by atoms with Gasteiger partial charge in [-0.1, -0.05) is 0 Å². The van der Waals surface area contributed by atoms with E-state index in [-0.39, 0.29) is 11.8 Å². The minimum absolute atomic E-state index is 0.193. The molecule has 100 valence electrons. The summed E-state index contributed by atoms with van der Waals surface area (Å²) in [5.74, 6) is -0.527. The second-order valence-corrected chi connectivity index (χ2v) is 7.90. The summed E-state index contributed by atoms with van der Waals surface area (Å²) in [7, 11) is -3.39. The zero-order valence-electron chi connectivity index (χ0n) is 10.1. The number of carbonyl (C=O) groups excluding carboxylic acids is 1. The van der Waals surface area contributed by atoms with E-state index in [1.54, 1.807) is 12.1 Å². The number of carbonyl (C=O) groups is 1. The maximum atomic E-state index is 12.3. The van der Waals surface area contributed by atoms with E-state index in [9.17, 15) is 13.2 Å². The van der Waals surface area contributed by atoms with Crippen LogP contribution < -0.4 is 5.73 Å². The second-order valence-electron chi connectivity index (χ2n) is 4.45. The number of amides is 1. The molecule has 1 aliphatic heterocycles. The largest absolute Gasteiger partial charge is 0.369 e. The van der Waals surface area contributed by atoms with E-state index in [2.05, 4.69) is 0 Å². The molecular weight excluding hydrogens is 272 g/mol. The smallest absolute Gasteiger partial charge is 0.252 e. The number of aryl methyl sites for hydroxylation is 1. The lowest BCUT2D eigenvalue weighted by Crippen LogP contribution is -2.41. The number of nitrogens with two attached hydrogens (primary N) is 1. The van der Waals surface area contributed by atoms with Crippen LogP contribution in [0.2, 0.25) is 0 Å². The average molecular weight is 288 g/mol. The Balaban J connectivity index is 2.12. The Morgan fingerprint density at radius 2 is 2.00 bits per heavy atom. The van der Waals surface area contributed by atoms with Gasteiger partial charge < -0.3 is 5.73 Å². The number of hydrogen-bond donors (Lipinski definition) is 1. The van der Waals surface area contributed by atoms with E-state index in [1.165, 1.54) is 15.6 Å². The van der Waals surface area contributed by atoms with Gasteiger partial charge in [-0.15, -0.1) is 11.3 Å². The molecule has 2 N–H and O–H groups in total. The third-order valence-corrected chi connectivity index (χ3v) is 6.53. The van der Waals surface area contributed by atoms with Crippen molar-refractivity contribution in [2.75, 3.05) is 13.1 Å². The predicted octanol–water partition coefficient (Wildman–Crippen LogP) is 0.943. The fraction of sp³-hybridized carbons (Fsp3) is 0.545. The monoisotopic (exact) mass is 288 g/mol. The Kier molecular flexibility index (Phi) is 3.74. The van der Waals surface area contributed by atoms with Crippen molar-refractivity contribution in [3.63, 3.8) is 0 Å². The van der Waals surface area contributed by atoms with Crippen molar-refractivity contribution in [2.24, 2.45) is 11.7 Å². The van der Waals surface area contributed by atoms with Gasteiger partial charge in [0.15, 0.2) is 0 Å². The summed E-state index contributed by atoms with van der Waals surface area (Å²) in [6.07, 6.45) is 1.03. The topological polar surface area (TPSA) is 80.5 Å². The molecule has 2 rings (SSSR count). The highest BCUT2D eigenvalue weighted by atomic mass is 32.2. The average Bonchev–Trinajstić information content (AvgIpc) is 2.76. The first kappa shape index (κ1) is 13.5. The second kappa shape index (κ2) is 4.99. The third kappa shape index (κ3) is 2.57. The fourth-order valence-corrected chi connectivity index (χ4v) is 4.97. The van der Waals surface area contributed by atoms with Crippen LogP contribution in [-0.4, -0.2) is 31.7 Å². The highest BCUT2D eigenvalue weighted by Gasteiger charge is 2.31. The normalized spacial score (nSPS) is 18.9. The first-order chi connectivity index (χ1) is 8.41. The Morgan fingerprint density at radius 1 is 1.39 bits per heavy atom. The van der Waals surface area contributed by atoms with Crippen LogP contribution in [0.4, 0.5) is 0 Å². The number of thiophene rings is 1. The van der Waals surface area contributed by atoms with Crippen LogP contribution in [0.25, 0.3) is 0 Å². The van der Waals surface area contributed by atoms with Gasteiger partial charge in [0.1, 0.15) is 4.21 Å². The summed E-state index contributed by atoms with van der Waals surface area (Å²) in [4.78, 5) is 12.0. The maximum Gasteiger partial charge on any atom is 0.252 e. The Labute approximate surface area is 111 Å². The Hall–Kier alpha value is -0.920. The molecule has 0 aromatic carbocycles. The lowest BCUT2D eigenvalue weighted by atomic mass is 9.98. The van der Waals surface area contributed by atoms with Gasteiger partial charge in [0, 0.05) is 23.9 Å². The number of piperidine rings is 1. The van der Waals surface area contributed by atoms with Crippen molar-refractivity contribution in [3.8, 4) is 0 Å². The van der Waals surface area contributed by atoms with Gasteiger partial charge in [-0.05, 0) is 31.9 Å². The summed E-state index contributed by atoms with van der Waals surface area (Å²) in [6, 6.07) is 3.43. The van der Waals surface area contributed by atoms with Gasteiger partial charge in [-0.25, -0.2) is 8.42 Å². The lowest BCUT2D eigenvalue weighted by molar-refractivity contribution is -0.122. The van der Waals surface area contributed by atoms with Crippen LogP contribution in [0.3, 0.4) is 0 Å². The fourth-order valence-electron chi connectivity index (χ4n) is 2.06. The van der Waals surface area contributed by atoms with Crippen molar-refractivity contribution < 1.29 is 13.2 Å². The van der Waals surface area contributed by atoms with E-state index in [0.29, 0.717) is 30.1 Å². The summed E-state index contributed by atoms with van der Waals surface area (Å²) < 4.78 is 26.4. The molecule has 1 aromatic rings. The summed E-state index contributed by atoms with van der Waals surface area (Å²) in [5.41, 5.74) is 5.23. The van der Waals surface area contributed by atoms with E-state index < -0.39 is 10.0 Å².